The van der Waals surface area contributed by atoms with Gasteiger partial charge >= 0.3 is 12.5 Å². The van der Waals surface area contributed by atoms with Crippen LogP contribution in [0.3, 0.4) is 0 Å². The molecule has 0 aliphatic heterocycles. The van der Waals surface area contributed by atoms with Gasteiger partial charge in [-0.25, -0.2) is 0 Å². The summed E-state index contributed by atoms with van der Waals surface area (Å²) < 4.78 is 77.8. The monoisotopic (exact) mass is 286 g/mol. The summed E-state index contributed by atoms with van der Waals surface area (Å²) >= 11 is 0. The Kier molecular flexibility index (Phi) is 4.37. The van der Waals surface area contributed by atoms with Gasteiger partial charge in [0.1, 0.15) is 5.75 Å². The summed E-state index contributed by atoms with van der Waals surface area (Å²) in [6.45, 7) is 2.80. The molecule has 0 N–H and O–H groups in total. The smallest absolute Gasteiger partial charge is 0.406 e. The predicted molar refractivity (Wildman–Crippen MR) is 56.8 cm³/mol. The van der Waals surface area contributed by atoms with Gasteiger partial charge in [-0.05, 0) is 23.6 Å². The first-order valence-electron chi connectivity index (χ1n) is 5.43. The van der Waals surface area contributed by atoms with E-state index in [1.54, 1.807) is 0 Å². The second kappa shape index (κ2) is 5.30. The first-order valence-corrected chi connectivity index (χ1v) is 5.43. The molecule has 0 amide bonds. The molecule has 1 aromatic carbocycles. The summed E-state index contributed by atoms with van der Waals surface area (Å²) in [5.41, 5.74) is -0.0861. The normalized spacial score (nSPS) is 14.6. The first-order chi connectivity index (χ1) is 8.50. The molecule has 0 heterocycles. The molecule has 19 heavy (non-hydrogen) atoms. The molecule has 0 saturated heterocycles. The molecule has 0 aliphatic rings. The summed E-state index contributed by atoms with van der Waals surface area (Å²) in [6, 6.07) is 3.76. The second-order valence-corrected chi connectivity index (χ2v) is 4.38. The van der Waals surface area contributed by atoms with Crippen molar-refractivity contribution in [3.05, 3.63) is 29.8 Å². The van der Waals surface area contributed by atoms with E-state index < -0.39 is 30.1 Å². The Morgan fingerprint density at radius 2 is 1.37 bits per heavy atom. The molecule has 0 aromatic heterocycles. The van der Waals surface area contributed by atoms with E-state index >= 15 is 0 Å². The molecule has 1 unspecified atom stereocenters. The van der Waals surface area contributed by atoms with Crippen LogP contribution in [0.1, 0.15) is 25.3 Å². The van der Waals surface area contributed by atoms with E-state index in [1.807, 2.05) is 0 Å². The van der Waals surface area contributed by atoms with E-state index in [4.69, 9.17) is 0 Å². The van der Waals surface area contributed by atoms with Crippen LogP contribution in [0.25, 0.3) is 0 Å². The van der Waals surface area contributed by atoms with Crippen molar-refractivity contribution >= 4 is 0 Å². The Hall–Kier alpha value is -1.40. The zero-order valence-corrected chi connectivity index (χ0v) is 10.1. The number of ether oxygens (including phenoxy) is 1. The van der Waals surface area contributed by atoms with Crippen LogP contribution in [0.15, 0.2) is 24.3 Å². The summed E-state index contributed by atoms with van der Waals surface area (Å²) in [5.74, 6) is -2.97. The Morgan fingerprint density at radius 1 is 0.895 bits per heavy atom. The van der Waals surface area contributed by atoms with Gasteiger partial charge in [-0.15, -0.1) is 13.2 Å². The average molecular weight is 286 g/mol. The van der Waals surface area contributed by atoms with Gasteiger partial charge in [-0.2, -0.15) is 13.2 Å². The number of benzene rings is 1. The molecule has 1 atom stereocenters. The fourth-order valence-electron chi connectivity index (χ4n) is 1.83. The van der Waals surface area contributed by atoms with Crippen LogP contribution in [-0.2, 0) is 0 Å². The van der Waals surface area contributed by atoms with Crippen molar-refractivity contribution in [3.63, 3.8) is 0 Å². The molecule has 7 heteroatoms. The SMILES string of the molecule is CC(C)C(c1ccc(OC(F)(F)F)cc1)C(F)(F)F. The number of hydrogen-bond acceptors (Lipinski definition) is 1. The maximum absolute atomic E-state index is 12.8. The summed E-state index contributed by atoms with van der Waals surface area (Å²) in [6.07, 6.45) is -9.30. The van der Waals surface area contributed by atoms with Gasteiger partial charge in [0.15, 0.2) is 0 Å². The highest BCUT2D eigenvalue weighted by Gasteiger charge is 2.42. The van der Waals surface area contributed by atoms with E-state index in [-0.39, 0.29) is 5.56 Å². The lowest BCUT2D eigenvalue weighted by Gasteiger charge is -2.24. The lowest BCUT2D eigenvalue weighted by molar-refractivity contribution is -0.274. The molecule has 108 valence electrons. The van der Waals surface area contributed by atoms with Crippen LogP contribution in [0.5, 0.6) is 5.75 Å². The highest BCUT2D eigenvalue weighted by atomic mass is 19.4. The fraction of sp³-hybridized carbons (Fsp3) is 0.500. The quantitative estimate of drug-likeness (QED) is 0.719. The Labute approximate surface area is 106 Å². The van der Waals surface area contributed by atoms with Gasteiger partial charge in [0.05, 0.1) is 5.92 Å². The zero-order chi connectivity index (χ0) is 14.8. The van der Waals surface area contributed by atoms with E-state index in [2.05, 4.69) is 4.74 Å². The van der Waals surface area contributed by atoms with Crippen molar-refractivity contribution in [3.8, 4) is 5.75 Å². The molecule has 0 spiro atoms. The molecular formula is C12H12F6O. The van der Waals surface area contributed by atoms with Gasteiger partial charge in [-0.1, -0.05) is 26.0 Å². The Bertz CT molecular complexity index is 404. The minimum Gasteiger partial charge on any atom is -0.406 e. The highest BCUT2D eigenvalue weighted by molar-refractivity contribution is 5.30. The summed E-state index contributed by atoms with van der Waals surface area (Å²) in [5, 5.41) is 0. The van der Waals surface area contributed by atoms with E-state index in [0.717, 1.165) is 24.3 Å². The van der Waals surface area contributed by atoms with Crippen LogP contribution in [-0.4, -0.2) is 12.5 Å². The number of halogens is 6. The molecule has 0 radical (unpaired) electrons. The van der Waals surface area contributed by atoms with Gasteiger partial charge in [-0.3, -0.25) is 0 Å². The van der Waals surface area contributed by atoms with Gasteiger partial charge in [0.25, 0.3) is 0 Å². The first kappa shape index (κ1) is 15.7. The summed E-state index contributed by atoms with van der Waals surface area (Å²) in [4.78, 5) is 0. The number of hydrogen-bond donors (Lipinski definition) is 0. The van der Waals surface area contributed by atoms with Gasteiger partial charge in [0.2, 0.25) is 0 Å². The van der Waals surface area contributed by atoms with Gasteiger partial charge in [0, 0.05) is 0 Å². The Balaban J connectivity index is 2.97. The molecule has 0 fully saturated rings. The van der Waals surface area contributed by atoms with Crippen molar-refractivity contribution in [1.82, 2.24) is 0 Å². The van der Waals surface area contributed by atoms with Crippen LogP contribution in [0, 0.1) is 5.92 Å². The molecule has 0 aliphatic carbocycles. The van der Waals surface area contributed by atoms with E-state index in [9.17, 15) is 26.3 Å². The minimum absolute atomic E-state index is 0.0861. The van der Waals surface area contributed by atoms with Crippen molar-refractivity contribution in [2.24, 2.45) is 5.92 Å². The predicted octanol–water partition coefficient (Wildman–Crippen LogP) is 4.89. The van der Waals surface area contributed by atoms with Crippen molar-refractivity contribution in [1.29, 1.82) is 0 Å². The standard InChI is InChI=1S/C12H12F6O/c1-7(2)10(11(13,14)15)8-3-5-9(6-4-8)19-12(16,17)18/h3-7,10H,1-2H3. The van der Waals surface area contributed by atoms with Crippen molar-refractivity contribution in [2.45, 2.75) is 32.3 Å². The maximum atomic E-state index is 12.8. The lowest BCUT2D eigenvalue weighted by atomic mass is 9.88. The molecule has 1 aromatic rings. The van der Waals surface area contributed by atoms with E-state index in [0.29, 0.717) is 0 Å². The lowest BCUT2D eigenvalue weighted by Crippen LogP contribution is -2.25. The van der Waals surface area contributed by atoms with Crippen LogP contribution >= 0.6 is 0 Å². The Morgan fingerprint density at radius 3 is 1.68 bits per heavy atom. The second-order valence-electron chi connectivity index (χ2n) is 4.38. The van der Waals surface area contributed by atoms with Crippen molar-refractivity contribution in [2.75, 3.05) is 0 Å². The molecule has 1 rings (SSSR count). The third-order valence-corrected chi connectivity index (χ3v) is 2.49. The maximum Gasteiger partial charge on any atom is 0.573 e. The average Bonchev–Trinajstić information content (AvgIpc) is 2.15. The van der Waals surface area contributed by atoms with Crippen molar-refractivity contribution < 1.29 is 31.1 Å². The number of rotatable bonds is 3. The number of alkyl halides is 6. The third-order valence-electron chi connectivity index (χ3n) is 2.49. The largest absolute Gasteiger partial charge is 0.573 e. The highest BCUT2D eigenvalue weighted by Crippen LogP contribution is 2.40. The van der Waals surface area contributed by atoms with E-state index in [1.165, 1.54) is 13.8 Å². The van der Waals surface area contributed by atoms with Crippen LogP contribution < -0.4 is 4.74 Å². The minimum atomic E-state index is -4.86. The molecular weight excluding hydrogens is 274 g/mol. The molecule has 0 saturated carbocycles. The summed E-state index contributed by atoms with van der Waals surface area (Å²) in [7, 11) is 0. The fourth-order valence-corrected chi connectivity index (χ4v) is 1.83. The third kappa shape index (κ3) is 4.65. The topological polar surface area (TPSA) is 9.23 Å². The van der Waals surface area contributed by atoms with Crippen LogP contribution in [0.4, 0.5) is 26.3 Å². The zero-order valence-electron chi connectivity index (χ0n) is 10.1. The molecule has 0 bridgehead atoms. The molecule has 1 nitrogen and oxygen atoms in total. The van der Waals surface area contributed by atoms with Gasteiger partial charge < -0.3 is 4.74 Å². The van der Waals surface area contributed by atoms with Crippen LogP contribution in [0.2, 0.25) is 0 Å².